The van der Waals surface area contributed by atoms with Crippen molar-refractivity contribution in [1.29, 1.82) is 0 Å². The molecule has 1 nitrogen and oxygen atoms in total. The maximum atomic E-state index is 11.1. The number of hydrogen-bond donors (Lipinski definition) is 0. The van der Waals surface area contributed by atoms with Crippen LogP contribution in [0.5, 0.6) is 0 Å². The minimum absolute atomic E-state index is 0.120. The third-order valence-corrected chi connectivity index (χ3v) is 4.11. The minimum atomic E-state index is 0.120. The van der Waals surface area contributed by atoms with Crippen LogP contribution in [0.15, 0.2) is 0 Å². The molecular weight excluding hydrogens is 160 g/mol. The third-order valence-electron chi connectivity index (χ3n) is 4.11. The second kappa shape index (κ2) is 3.43. The molecule has 0 N–H and O–H groups in total. The van der Waals surface area contributed by atoms with Gasteiger partial charge in [-0.25, -0.2) is 0 Å². The molecular formula is C12H20O. The third kappa shape index (κ3) is 1.79. The average molecular weight is 180 g/mol. The predicted octanol–water partition coefficient (Wildman–Crippen LogP) is 3.18. The van der Waals surface area contributed by atoms with E-state index in [1.165, 1.54) is 51.2 Å². The topological polar surface area (TPSA) is 17.1 Å². The lowest BCUT2D eigenvalue weighted by molar-refractivity contribution is -0.116. The zero-order valence-corrected chi connectivity index (χ0v) is 8.59. The van der Waals surface area contributed by atoms with E-state index >= 15 is 0 Å². The Bertz CT molecular complexity index is 191. The first kappa shape index (κ1) is 9.23. The highest BCUT2D eigenvalue weighted by molar-refractivity contribution is 5.60. The minimum Gasteiger partial charge on any atom is -0.303 e. The van der Waals surface area contributed by atoms with E-state index in [1.54, 1.807) is 0 Å². The Labute approximate surface area is 80.9 Å². The largest absolute Gasteiger partial charge is 0.303 e. The van der Waals surface area contributed by atoms with E-state index in [0.29, 0.717) is 0 Å². The Morgan fingerprint density at radius 2 is 2.00 bits per heavy atom. The maximum absolute atomic E-state index is 11.1. The molecule has 2 saturated carbocycles. The molecule has 0 bridgehead atoms. The normalized spacial score (nSPS) is 36.1. The van der Waals surface area contributed by atoms with E-state index in [-0.39, 0.29) is 5.41 Å². The van der Waals surface area contributed by atoms with Gasteiger partial charge in [-0.3, -0.25) is 0 Å². The summed E-state index contributed by atoms with van der Waals surface area (Å²) >= 11 is 0. The van der Waals surface area contributed by atoms with Crippen LogP contribution >= 0.6 is 0 Å². The first-order valence-electron chi connectivity index (χ1n) is 5.76. The van der Waals surface area contributed by atoms with Gasteiger partial charge >= 0.3 is 0 Å². The monoisotopic (exact) mass is 180 g/mol. The molecule has 0 spiro atoms. The van der Waals surface area contributed by atoms with Crippen LogP contribution in [0.1, 0.15) is 51.9 Å². The molecule has 0 aromatic carbocycles. The molecule has 2 aliphatic carbocycles. The fourth-order valence-corrected chi connectivity index (χ4v) is 3.03. The summed E-state index contributed by atoms with van der Waals surface area (Å²) in [5.41, 5.74) is 0.120. The lowest BCUT2D eigenvalue weighted by atomic mass is 9.82. The second-order valence-corrected chi connectivity index (χ2v) is 5.06. The van der Waals surface area contributed by atoms with Gasteiger partial charge in [-0.1, -0.05) is 26.2 Å². The van der Waals surface area contributed by atoms with Crippen LogP contribution in [-0.4, -0.2) is 6.29 Å². The quantitative estimate of drug-likeness (QED) is 0.607. The lowest BCUT2D eigenvalue weighted by Crippen LogP contribution is -2.19. The summed E-state index contributed by atoms with van der Waals surface area (Å²) in [4.78, 5) is 11.1. The zero-order chi connectivity index (χ0) is 9.31. The Hall–Kier alpha value is -0.330. The van der Waals surface area contributed by atoms with Gasteiger partial charge in [-0.05, 0) is 37.5 Å². The average Bonchev–Trinajstić information content (AvgIpc) is 2.72. The van der Waals surface area contributed by atoms with E-state index in [9.17, 15) is 4.79 Å². The van der Waals surface area contributed by atoms with Crippen LogP contribution in [-0.2, 0) is 4.79 Å². The SMILES string of the molecule is CCC1CC1CC1(C=O)CCCC1. The van der Waals surface area contributed by atoms with Crippen molar-refractivity contribution in [2.45, 2.75) is 51.9 Å². The summed E-state index contributed by atoms with van der Waals surface area (Å²) in [7, 11) is 0. The molecule has 0 aromatic heterocycles. The molecule has 13 heavy (non-hydrogen) atoms. The Kier molecular flexibility index (Phi) is 2.44. The fraction of sp³-hybridized carbons (Fsp3) is 0.917. The summed E-state index contributed by atoms with van der Waals surface area (Å²) in [6.07, 6.45) is 10.1. The fourth-order valence-electron chi connectivity index (χ4n) is 3.03. The smallest absolute Gasteiger partial charge is 0.126 e. The van der Waals surface area contributed by atoms with Crippen LogP contribution in [0.4, 0.5) is 0 Å². The number of hydrogen-bond acceptors (Lipinski definition) is 1. The second-order valence-electron chi connectivity index (χ2n) is 5.06. The predicted molar refractivity (Wildman–Crippen MR) is 53.5 cm³/mol. The van der Waals surface area contributed by atoms with Gasteiger partial charge in [0.25, 0.3) is 0 Å². The lowest BCUT2D eigenvalue weighted by Gasteiger charge is -2.21. The van der Waals surface area contributed by atoms with Gasteiger partial charge in [-0.2, -0.15) is 0 Å². The van der Waals surface area contributed by atoms with Gasteiger partial charge in [0.2, 0.25) is 0 Å². The van der Waals surface area contributed by atoms with Crippen molar-refractivity contribution in [2.24, 2.45) is 17.3 Å². The van der Waals surface area contributed by atoms with Crippen molar-refractivity contribution in [3.05, 3.63) is 0 Å². The van der Waals surface area contributed by atoms with Crippen LogP contribution < -0.4 is 0 Å². The maximum Gasteiger partial charge on any atom is 0.126 e. The van der Waals surface area contributed by atoms with Crippen molar-refractivity contribution in [3.63, 3.8) is 0 Å². The van der Waals surface area contributed by atoms with Crippen LogP contribution in [0.2, 0.25) is 0 Å². The molecule has 0 aromatic rings. The Morgan fingerprint density at radius 1 is 1.31 bits per heavy atom. The first-order chi connectivity index (χ1) is 6.29. The van der Waals surface area contributed by atoms with Crippen molar-refractivity contribution < 1.29 is 4.79 Å². The number of carbonyl (C=O) groups is 1. The van der Waals surface area contributed by atoms with Gasteiger partial charge in [0, 0.05) is 5.41 Å². The highest BCUT2D eigenvalue weighted by Crippen LogP contribution is 2.52. The van der Waals surface area contributed by atoms with E-state index in [2.05, 4.69) is 6.92 Å². The standard InChI is InChI=1S/C12H20O/c1-2-10-7-11(10)8-12(9-13)5-3-4-6-12/h9-11H,2-8H2,1H3. The Morgan fingerprint density at radius 3 is 2.46 bits per heavy atom. The molecule has 2 rings (SSSR count). The van der Waals surface area contributed by atoms with Crippen LogP contribution in [0.3, 0.4) is 0 Å². The summed E-state index contributed by atoms with van der Waals surface area (Å²) in [6, 6.07) is 0. The molecule has 0 amide bonds. The van der Waals surface area contributed by atoms with Gasteiger partial charge in [0.05, 0.1) is 0 Å². The highest BCUT2D eigenvalue weighted by atomic mass is 16.1. The van der Waals surface area contributed by atoms with E-state index in [4.69, 9.17) is 0 Å². The van der Waals surface area contributed by atoms with Crippen LogP contribution in [0, 0.1) is 17.3 Å². The van der Waals surface area contributed by atoms with E-state index in [0.717, 1.165) is 11.8 Å². The molecule has 2 aliphatic rings. The van der Waals surface area contributed by atoms with Crippen LogP contribution in [0.25, 0.3) is 0 Å². The highest BCUT2D eigenvalue weighted by Gasteiger charge is 2.43. The summed E-state index contributed by atoms with van der Waals surface area (Å²) < 4.78 is 0. The summed E-state index contributed by atoms with van der Waals surface area (Å²) in [6.45, 7) is 2.27. The summed E-state index contributed by atoms with van der Waals surface area (Å²) in [5, 5.41) is 0. The van der Waals surface area contributed by atoms with E-state index < -0.39 is 0 Å². The molecule has 2 fully saturated rings. The molecule has 2 unspecified atom stereocenters. The molecule has 0 saturated heterocycles. The van der Waals surface area contributed by atoms with Gasteiger partial charge in [-0.15, -0.1) is 0 Å². The van der Waals surface area contributed by atoms with Crippen molar-refractivity contribution in [2.75, 3.05) is 0 Å². The molecule has 74 valence electrons. The van der Waals surface area contributed by atoms with Gasteiger partial charge in [0.1, 0.15) is 6.29 Å². The first-order valence-corrected chi connectivity index (χ1v) is 5.76. The molecule has 0 aliphatic heterocycles. The molecule has 2 atom stereocenters. The van der Waals surface area contributed by atoms with Crippen molar-refractivity contribution >= 4 is 6.29 Å². The van der Waals surface area contributed by atoms with Gasteiger partial charge < -0.3 is 4.79 Å². The van der Waals surface area contributed by atoms with Gasteiger partial charge in [0.15, 0.2) is 0 Å². The molecule has 0 radical (unpaired) electrons. The van der Waals surface area contributed by atoms with Crippen molar-refractivity contribution in [1.82, 2.24) is 0 Å². The number of carbonyl (C=O) groups excluding carboxylic acids is 1. The Balaban J connectivity index is 1.88. The number of rotatable bonds is 4. The molecule has 0 heterocycles. The summed E-state index contributed by atoms with van der Waals surface area (Å²) in [5.74, 6) is 1.85. The van der Waals surface area contributed by atoms with E-state index in [1.807, 2.05) is 0 Å². The molecule has 1 heteroatoms. The van der Waals surface area contributed by atoms with Crippen molar-refractivity contribution in [3.8, 4) is 0 Å². The number of aldehydes is 1. The zero-order valence-electron chi connectivity index (χ0n) is 8.59.